The largest absolute Gasteiger partial charge is 0.366 e. The highest BCUT2D eigenvalue weighted by Gasteiger charge is 2.24. The summed E-state index contributed by atoms with van der Waals surface area (Å²) in [5.74, 6) is -2.38. The van der Waals surface area contributed by atoms with Crippen LogP contribution in [-0.4, -0.2) is 51.7 Å². The van der Waals surface area contributed by atoms with Gasteiger partial charge in [-0.25, -0.2) is 21.6 Å². The molecule has 28 heavy (non-hydrogen) atoms. The Morgan fingerprint density at radius 2 is 1.57 bits per heavy atom. The van der Waals surface area contributed by atoms with E-state index in [-0.39, 0.29) is 28.5 Å². The van der Waals surface area contributed by atoms with Crippen LogP contribution in [0.15, 0.2) is 41.3 Å². The van der Waals surface area contributed by atoms with Crippen molar-refractivity contribution in [1.29, 1.82) is 0 Å². The van der Waals surface area contributed by atoms with Crippen LogP contribution < -0.4 is 4.90 Å². The third-order valence-corrected chi connectivity index (χ3v) is 5.71. The quantitative estimate of drug-likeness (QED) is 0.774. The molecule has 1 amide bonds. The molecule has 1 saturated heterocycles. The van der Waals surface area contributed by atoms with Crippen LogP contribution >= 0.6 is 0 Å². The summed E-state index contributed by atoms with van der Waals surface area (Å²) in [4.78, 5) is 15.6. The number of carbonyl (C=O) groups excluding carboxylic acids is 1. The van der Waals surface area contributed by atoms with Crippen molar-refractivity contribution in [3.63, 3.8) is 0 Å². The van der Waals surface area contributed by atoms with Crippen molar-refractivity contribution in [2.75, 3.05) is 37.3 Å². The molecule has 1 heterocycles. The molecule has 0 aromatic heterocycles. The molecule has 0 spiro atoms. The lowest BCUT2D eigenvalue weighted by Gasteiger charge is -2.36. The molecule has 0 unspecified atom stereocenters. The zero-order valence-electron chi connectivity index (χ0n) is 15.2. The Kier molecular flexibility index (Phi) is 5.64. The number of rotatable bonds is 4. The molecule has 1 fully saturated rings. The van der Waals surface area contributed by atoms with Crippen molar-refractivity contribution < 1.29 is 26.4 Å². The van der Waals surface area contributed by atoms with Gasteiger partial charge in [-0.05, 0) is 35.9 Å². The van der Waals surface area contributed by atoms with E-state index >= 15 is 0 Å². The summed E-state index contributed by atoms with van der Waals surface area (Å²) in [6.07, 6.45) is 0.891. The SMILES string of the molecule is CS(=O)(=O)c1ccc(N2CCN(C(=O)Cc3cc(F)cc(F)c3)CC2)c(F)c1. The predicted molar refractivity (Wildman–Crippen MR) is 98.4 cm³/mol. The van der Waals surface area contributed by atoms with E-state index in [1.54, 1.807) is 9.80 Å². The average Bonchev–Trinajstić information content (AvgIpc) is 2.60. The molecule has 0 N–H and O–H groups in total. The lowest BCUT2D eigenvalue weighted by atomic mass is 10.1. The minimum Gasteiger partial charge on any atom is -0.366 e. The van der Waals surface area contributed by atoms with Crippen molar-refractivity contribution in [3.8, 4) is 0 Å². The van der Waals surface area contributed by atoms with Crippen molar-refractivity contribution in [1.82, 2.24) is 4.90 Å². The second kappa shape index (κ2) is 7.83. The van der Waals surface area contributed by atoms with Crippen LogP contribution in [0, 0.1) is 17.5 Å². The highest BCUT2D eigenvalue weighted by molar-refractivity contribution is 7.90. The van der Waals surface area contributed by atoms with Crippen molar-refractivity contribution in [2.24, 2.45) is 0 Å². The summed E-state index contributed by atoms with van der Waals surface area (Å²) in [6, 6.07) is 6.74. The summed E-state index contributed by atoms with van der Waals surface area (Å²) in [5, 5.41) is 0. The molecule has 1 aliphatic heterocycles. The van der Waals surface area contributed by atoms with Gasteiger partial charge < -0.3 is 9.80 Å². The van der Waals surface area contributed by atoms with Crippen LogP contribution in [0.3, 0.4) is 0 Å². The van der Waals surface area contributed by atoms with Crippen molar-refractivity contribution in [2.45, 2.75) is 11.3 Å². The number of hydrogen-bond acceptors (Lipinski definition) is 4. The van der Waals surface area contributed by atoms with Crippen LogP contribution in [0.4, 0.5) is 18.9 Å². The Hall–Kier alpha value is -2.55. The topological polar surface area (TPSA) is 57.7 Å². The first-order valence-corrected chi connectivity index (χ1v) is 10.5. The van der Waals surface area contributed by atoms with E-state index in [1.165, 1.54) is 12.1 Å². The third-order valence-electron chi connectivity index (χ3n) is 4.60. The Morgan fingerprint density at radius 1 is 0.964 bits per heavy atom. The Balaban J connectivity index is 1.63. The molecular formula is C19H19F3N2O3S. The standard InChI is InChI=1S/C19H19F3N2O3S/c1-28(26,27)16-2-3-18(17(22)12-16)23-4-6-24(7-5-23)19(25)10-13-8-14(20)11-15(21)9-13/h2-3,8-9,11-12H,4-7,10H2,1H3. The first kappa shape index (κ1) is 20.2. The zero-order chi connectivity index (χ0) is 20.5. The van der Waals surface area contributed by atoms with E-state index in [4.69, 9.17) is 0 Å². The van der Waals surface area contributed by atoms with Gasteiger partial charge in [0, 0.05) is 38.5 Å². The molecule has 2 aromatic rings. The lowest BCUT2D eigenvalue weighted by molar-refractivity contribution is -0.130. The zero-order valence-corrected chi connectivity index (χ0v) is 16.0. The maximum Gasteiger partial charge on any atom is 0.227 e. The normalized spacial score (nSPS) is 15.0. The number of benzene rings is 2. The monoisotopic (exact) mass is 412 g/mol. The molecule has 5 nitrogen and oxygen atoms in total. The summed E-state index contributed by atoms with van der Waals surface area (Å²) in [5.41, 5.74) is 0.527. The van der Waals surface area contributed by atoms with Crippen molar-refractivity contribution >= 4 is 21.4 Å². The molecule has 2 aromatic carbocycles. The van der Waals surface area contributed by atoms with E-state index in [0.717, 1.165) is 30.5 Å². The fourth-order valence-corrected chi connectivity index (χ4v) is 3.80. The minimum atomic E-state index is -3.49. The minimum absolute atomic E-state index is 0.0927. The molecule has 0 saturated carbocycles. The number of carbonyl (C=O) groups is 1. The Bertz CT molecular complexity index is 983. The van der Waals surface area contributed by atoms with Gasteiger partial charge in [0.05, 0.1) is 17.0 Å². The van der Waals surface area contributed by atoms with E-state index < -0.39 is 27.3 Å². The lowest BCUT2D eigenvalue weighted by Crippen LogP contribution is -2.49. The van der Waals surface area contributed by atoms with Gasteiger partial charge in [0.25, 0.3) is 0 Å². The smallest absolute Gasteiger partial charge is 0.227 e. The number of hydrogen-bond donors (Lipinski definition) is 0. The number of nitrogens with zero attached hydrogens (tertiary/aromatic N) is 2. The molecule has 3 rings (SSSR count). The highest BCUT2D eigenvalue weighted by Crippen LogP contribution is 2.24. The summed E-state index contributed by atoms with van der Waals surface area (Å²) in [7, 11) is -3.49. The Labute approximate surface area is 161 Å². The molecule has 0 radical (unpaired) electrons. The van der Waals surface area contributed by atoms with E-state index in [9.17, 15) is 26.4 Å². The second-order valence-electron chi connectivity index (χ2n) is 6.71. The number of halogens is 3. The Morgan fingerprint density at radius 3 is 2.11 bits per heavy atom. The summed E-state index contributed by atoms with van der Waals surface area (Å²) >= 11 is 0. The van der Waals surface area contributed by atoms with Gasteiger partial charge in [0.1, 0.15) is 17.5 Å². The second-order valence-corrected chi connectivity index (χ2v) is 8.72. The maximum absolute atomic E-state index is 14.3. The van der Waals surface area contributed by atoms with Gasteiger partial charge in [-0.15, -0.1) is 0 Å². The fraction of sp³-hybridized carbons (Fsp3) is 0.316. The van der Waals surface area contributed by atoms with Gasteiger partial charge in [0.2, 0.25) is 5.91 Å². The summed E-state index contributed by atoms with van der Waals surface area (Å²) in [6.45, 7) is 1.37. The van der Waals surface area contributed by atoms with Gasteiger partial charge in [-0.1, -0.05) is 0 Å². The van der Waals surface area contributed by atoms with Gasteiger partial charge in [0.15, 0.2) is 9.84 Å². The van der Waals surface area contributed by atoms with Gasteiger partial charge in [-0.3, -0.25) is 4.79 Å². The third kappa shape index (κ3) is 4.64. The number of piperazine rings is 1. The van der Waals surface area contributed by atoms with Crippen molar-refractivity contribution in [3.05, 3.63) is 59.4 Å². The molecular weight excluding hydrogens is 393 g/mol. The van der Waals surface area contributed by atoms with E-state index in [2.05, 4.69) is 0 Å². The molecule has 150 valence electrons. The van der Waals surface area contributed by atoms with E-state index in [1.807, 2.05) is 0 Å². The molecule has 0 bridgehead atoms. The van der Waals surface area contributed by atoms with Gasteiger partial charge in [-0.2, -0.15) is 0 Å². The first-order chi connectivity index (χ1) is 13.1. The number of sulfone groups is 1. The molecule has 0 atom stereocenters. The van der Waals surface area contributed by atoms with Crippen LogP contribution in [0.2, 0.25) is 0 Å². The highest BCUT2D eigenvalue weighted by atomic mass is 32.2. The first-order valence-electron chi connectivity index (χ1n) is 8.61. The fourth-order valence-electron chi connectivity index (χ4n) is 3.17. The predicted octanol–water partition coefficient (Wildman–Crippen LogP) is 2.40. The van der Waals surface area contributed by atoms with Crippen LogP contribution in [-0.2, 0) is 21.1 Å². The number of amides is 1. The van der Waals surface area contributed by atoms with Crippen LogP contribution in [0.5, 0.6) is 0 Å². The molecule has 0 aliphatic carbocycles. The average molecular weight is 412 g/mol. The van der Waals surface area contributed by atoms with E-state index in [0.29, 0.717) is 26.2 Å². The van der Waals surface area contributed by atoms with Gasteiger partial charge >= 0.3 is 0 Å². The summed E-state index contributed by atoms with van der Waals surface area (Å²) < 4.78 is 63.9. The number of anilines is 1. The maximum atomic E-state index is 14.3. The molecule has 9 heteroatoms. The van der Waals surface area contributed by atoms with Crippen LogP contribution in [0.25, 0.3) is 0 Å². The van der Waals surface area contributed by atoms with Crippen LogP contribution in [0.1, 0.15) is 5.56 Å². The molecule has 1 aliphatic rings.